The summed E-state index contributed by atoms with van der Waals surface area (Å²) in [6, 6.07) is 5.74. The number of aromatic nitrogens is 1. The summed E-state index contributed by atoms with van der Waals surface area (Å²) in [7, 11) is 1.45. The minimum atomic E-state index is -1.79. The number of hydrogen-bond donors (Lipinski definition) is 4. The fourth-order valence-electron chi connectivity index (χ4n) is 4.99. The Morgan fingerprint density at radius 2 is 1.79 bits per heavy atom. The van der Waals surface area contributed by atoms with Gasteiger partial charge in [-0.15, -0.1) is 0 Å². The van der Waals surface area contributed by atoms with Gasteiger partial charge in [0, 0.05) is 29.6 Å². The number of halogens is 2. The highest BCUT2D eigenvalue weighted by Crippen LogP contribution is 2.36. The van der Waals surface area contributed by atoms with E-state index in [1.165, 1.54) is 19.2 Å². The zero-order valence-corrected chi connectivity index (χ0v) is 24.1. The zero-order chi connectivity index (χ0) is 30.9. The monoisotopic (exact) mass is 609 g/mol. The first-order valence-electron chi connectivity index (χ1n) is 13.2. The smallest absolute Gasteiger partial charge is 0.295 e. The number of ether oxygens (including phenoxy) is 4. The molecule has 0 radical (unpaired) electrons. The van der Waals surface area contributed by atoms with E-state index in [2.05, 4.69) is 4.74 Å². The van der Waals surface area contributed by atoms with Crippen LogP contribution < -0.4 is 14.9 Å². The summed E-state index contributed by atoms with van der Waals surface area (Å²) < 4.78 is 38.2. The predicted molar refractivity (Wildman–Crippen MR) is 149 cm³/mol. The minimum absolute atomic E-state index is 0.0101. The lowest BCUT2D eigenvalue weighted by Crippen LogP contribution is -2.59. The molecule has 42 heavy (non-hydrogen) atoms. The molecular formula is C29H33ClFNO10. The van der Waals surface area contributed by atoms with Crippen molar-refractivity contribution in [2.75, 3.05) is 13.7 Å². The molecule has 1 aliphatic rings. The molecule has 228 valence electrons. The molecule has 4 rings (SSSR count). The van der Waals surface area contributed by atoms with Crippen LogP contribution in [0.4, 0.5) is 4.39 Å². The molecule has 0 aliphatic carbocycles. The van der Waals surface area contributed by atoms with Crippen LogP contribution in [0.15, 0.2) is 35.3 Å². The lowest BCUT2D eigenvalue weighted by atomic mass is 9.98. The number of benzene rings is 2. The van der Waals surface area contributed by atoms with Gasteiger partial charge in [-0.2, -0.15) is 0 Å². The van der Waals surface area contributed by atoms with E-state index in [4.69, 9.17) is 25.8 Å². The standard InChI is InChI=1S/C29H33ClFNO10/c1-13(2)19(11-33)32-10-14(3)24(35)17-8-16(21(39-4)9-18(17)32)7-15-5-6-20(22(30)23(15)31)41-29-27(38)25(36)26(37)28(42-29)40-12-34/h5-6,8-10,12-13,19,25-29,33,36-38H,7,11H2,1-4H3/t19-,25+,26+,27-,28+,29-/m1/s1. The van der Waals surface area contributed by atoms with Gasteiger partial charge >= 0.3 is 0 Å². The maximum atomic E-state index is 15.5. The van der Waals surface area contributed by atoms with Crippen molar-refractivity contribution in [3.63, 3.8) is 0 Å². The van der Waals surface area contributed by atoms with E-state index in [0.717, 1.165) is 0 Å². The van der Waals surface area contributed by atoms with Crippen LogP contribution in [0.5, 0.6) is 11.5 Å². The fraction of sp³-hybridized carbons (Fsp3) is 0.448. The highest BCUT2D eigenvalue weighted by atomic mass is 35.5. The Balaban J connectivity index is 1.69. The zero-order valence-electron chi connectivity index (χ0n) is 23.4. The highest BCUT2D eigenvalue weighted by molar-refractivity contribution is 6.32. The normalized spacial score (nSPS) is 23.2. The highest BCUT2D eigenvalue weighted by Gasteiger charge is 2.46. The molecule has 2 heterocycles. The van der Waals surface area contributed by atoms with Crippen molar-refractivity contribution in [3.8, 4) is 11.5 Å². The molecule has 2 aromatic carbocycles. The van der Waals surface area contributed by atoms with Crippen LogP contribution in [0.3, 0.4) is 0 Å². The molecule has 1 fully saturated rings. The fourth-order valence-corrected chi connectivity index (χ4v) is 5.22. The third-order valence-electron chi connectivity index (χ3n) is 7.39. The van der Waals surface area contributed by atoms with E-state index in [-0.39, 0.29) is 48.2 Å². The summed E-state index contributed by atoms with van der Waals surface area (Å²) >= 11 is 6.27. The molecule has 13 heteroatoms. The number of aliphatic hydroxyl groups is 4. The number of methoxy groups -OCH3 is 1. The Bertz CT molecular complexity index is 1510. The second-order valence-electron chi connectivity index (χ2n) is 10.4. The molecule has 0 bridgehead atoms. The third-order valence-corrected chi connectivity index (χ3v) is 7.74. The van der Waals surface area contributed by atoms with Crippen LogP contribution in [-0.4, -0.2) is 76.1 Å². The maximum Gasteiger partial charge on any atom is 0.295 e. The summed E-state index contributed by atoms with van der Waals surface area (Å²) in [5.41, 5.74) is 1.49. The third kappa shape index (κ3) is 5.96. The van der Waals surface area contributed by atoms with Gasteiger partial charge in [-0.05, 0) is 36.1 Å². The number of nitrogens with zero attached hydrogens (tertiary/aromatic N) is 1. The minimum Gasteiger partial charge on any atom is -0.496 e. The topological polar surface area (TPSA) is 157 Å². The number of carbonyl (C=O) groups excluding carboxylic acids is 1. The van der Waals surface area contributed by atoms with Crippen molar-refractivity contribution in [1.29, 1.82) is 0 Å². The largest absolute Gasteiger partial charge is 0.496 e. The summed E-state index contributed by atoms with van der Waals surface area (Å²) in [6.45, 7) is 5.48. The van der Waals surface area contributed by atoms with Crippen molar-refractivity contribution >= 4 is 29.0 Å². The second kappa shape index (κ2) is 12.9. The van der Waals surface area contributed by atoms with E-state index < -0.39 is 41.7 Å². The average Bonchev–Trinajstić information content (AvgIpc) is 2.96. The summed E-state index contributed by atoms with van der Waals surface area (Å²) in [5, 5.41) is 40.2. The SMILES string of the molecule is COc1cc2c(cc1Cc1ccc(O[C@@H]3O[C@H](OC=O)[C@@H](O)[C@H](O)[C@H]3O)c(Cl)c1F)c(=O)c(C)cn2[C@H](CO)C(C)C. The van der Waals surface area contributed by atoms with Gasteiger partial charge in [0.05, 0.1) is 25.3 Å². The Morgan fingerprint density at radius 3 is 2.40 bits per heavy atom. The first-order valence-corrected chi connectivity index (χ1v) is 13.6. The Morgan fingerprint density at radius 1 is 1.10 bits per heavy atom. The van der Waals surface area contributed by atoms with Crippen LogP contribution in [0.1, 0.15) is 36.6 Å². The van der Waals surface area contributed by atoms with Gasteiger partial charge in [0.15, 0.2) is 5.43 Å². The second-order valence-corrected chi connectivity index (χ2v) is 10.8. The lowest BCUT2D eigenvalue weighted by molar-refractivity contribution is -0.321. The molecule has 0 saturated carbocycles. The van der Waals surface area contributed by atoms with E-state index >= 15 is 4.39 Å². The molecule has 1 saturated heterocycles. The number of rotatable bonds is 10. The van der Waals surface area contributed by atoms with E-state index in [0.29, 0.717) is 27.8 Å². The van der Waals surface area contributed by atoms with E-state index in [1.54, 1.807) is 25.3 Å². The van der Waals surface area contributed by atoms with Gasteiger partial charge < -0.3 is 39.2 Å². The van der Waals surface area contributed by atoms with Crippen LogP contribution in [-0.2, 0) is 20.7 Å². The quantitative estimate of drug-likeness (QED) is 0.251. The average molecular weight is 610 g/mol. The van der Waals surface area contributed by atoms with Crippen LogP contribution in [0.25, 0.3) is 10.9 Å². The number of aryl methyl sites for hydroxylation is 1. The molecule has 0 amide bonds. The first kappa shape index (κ1) is 31.7. The number of hydrogen-bond acceptors (Lipinski definition) is 10. The summed E-state index contributed by atoms with van der Waals surface area (Å²) in [4.78, 5) is 23.8. The molecule has 0 unspecified atom stereocenters. The van der Waals surface area contributed by atoms with Crippen LogP contribution >= 0.6 is 11.6 Å². The molecule has 11 nitrogen and oxygen atoms in total. The number of aliphatic hydroxyl groups excluding tert-OH is 4. The molecule has 3 aromatic rings. The van der Waals surface area contributed by atoms with Crippen LogP contribution in [0.2, 0.25) is 5.02 Å². The molecular weight excluding hydrogens is 577 g/mol. The molecule has 4 N–H and O–H groups in total. The summed E-state index contributed by atoms with van der Waals surface area (Å²) in [5.74, 6) is -0.643. The van der Waals surface area contributed by atoms with Gasteiger partial charge in [-0.1, -0.05) is 31.5 Å². The molecule has 1 aliphatic heterocycles. The van der Waals surface area contributed by atoms with Gasteiger partial charge in [0.25, 0.3) is 6.47 Å². The van der Waals surface area contributed by atoms with Gasteiger partial charge in [0.2, 0.25) is 12.6 Å². The van der Waals surface area contributed by atoms with Gasteiger partial charge in [-0.25, -0.2) is 4.39 Å². The van der Waals surface area contributed by atoms with Crippen LogP contribution in [0, 0.1) is 18.7 Å². The van der Waals surface area contributed by atoms with E-state index in [9.17, 15) is 30.0 Å². The van der Waals surface area contributed by atoms with Crippen molar-refractivity contribution in [2.24, 2.45) is 5.92 Å². The van der Waals surface area contributed by atoms with Crippen molar-refractivity contribution in [3.05, 3.63) is 68.2 Å². The van der Waals surface area contributed by atoms with Crippen molar-refractivity contribution in [2.45, 2.75) is 64.1 Å². The molecule has 6 atom stereocenters. The molecule has 0 spiro atoms. The number of carbonyl (C=O) groups is 1. The summed E-state index contributed by atoms with van der Waals surface area (Å²) in [6.07, 6.45) is -6.92. The lowest BCUT2D eigenvalue weighted by Gasteiger charge is -2.38. The molecule has 1 aromatic heterocycles. The van der Waals surface area contributed by atoms with Gasteiger partial charge in [-0.3, -0.25) is 14.3 Å². The van der Waals surface area contributed by atoms with Crippen molar-refractivity contribution in [1.82, 2.24) is 4.57 Å². The maximum absolute atomic E-state index is 15.5. The Hall–Kier alpha value is -3.26. The van der Waals surface area contributed by atoms with Gasteiger partial charge in [0.1, 0.15) is 40.7 Å². The Labute approximate surface area is 245 Å². The number of fused-ring (bicyclic) bond motifs is 1. The first-order chi connectivity index (χ1) is 19.9. The Kier molecular flexibility index (Phi) is 9.76. The number of pyridine rings is 1. The van der Waals surface area contributed by atoms with E-state index in [1.807, 2.05) is 18.4 Å². The predicted octanol–water partition coefficient (Wildman–Crippen LogP) is 2.21. The van der Waals surface area contributed by atoms with Crippen molar-refractivity contribution < 1.29 is 48.6 Å².